The number of likely N-dealkylation sites (tertiary alicyclic amines) is 1. The summed E-state index contributed by atoms with van der Waals surface area (Å²) in [5, 5.41) is 2.72. The van der Waals surface area contributed by atoms with Gasteiger partial charge in [-0.2, -0.15) is 0 Å². The van der Waals surface area contributed by atoms with Crippen molar-refractivity contribution in [3.63, 3.8) is 0 Å². The van der Waals surface area contributed by atoms with E-state index in [0.717, 1.165) is 29.7 Å². The van der Waals surface area contributed by atoms with Gasteiger partial charge in [-0.3, -0.25) is 19.5 Å². The van der Waals surface area contributed by atoms with E-state index in [2.05, 4.69) is 39.4 Å². The van der Waals surface area contributed by atoms with Crippen LogP contribution in [0, 0.1) is 0 Å². The molecule has 3 aromatic rings. The summed E-state index contributed by atoms with van der Waals surface area (Å²) in [7, 11) is 2.07. The second kappa shape index (κ2) is 8.45. The van der Waals surface area contributed by atoms with Gasteiger partial charge in [0.05, 0.1) is 17.6 Å². The molecule has 0 saturated carbocycles. The van der Waals surface area contributed by atoms with Gasteiger partial charge in [-0.1, -0.05) is 30.3 Å². The topological polar surface area (TPSA) is 81.3 Å². The van der Waals surface area contributed by atoms with E-state index in [0.29, 0.717) is 13.1 Å². The molecule has 0 bridgehead atoms. The molecular formula is C22H25N5O2. The lowest BCUT2D eigenvalue weighted by atomic mass is 10.1. The Kier molecular flexibility index (Phi) is 5.57. The fourth-order valence-electron chi connectivity index (χ4n) is 3.79. The molecule has 4 rings (SSSR count). The van der Waals surface area contributed by atoms with Crippen molar-refractivity contribution < 1.29 is 9.59 Å². The van der Waals surface area contributed by atoms with Crippen LogP contribution >= 0.6 is 0 Å². The maximum absolute atomic E-state index is 12.5. The molecule has 2 amide bonds. The molecule has 1 fully saturated rings. The summed E-state index contributed by atoms with van der Waals surface area (Å²) in [4.78, 5) is 36.2. The normalized spacial score (nSPS) is 16.5. The van der Waals surface area contributed by atoms with Crippen molar-refractivity contribution in [1.82, 2.24) is 25.1 Å². The van der Waals surface area contributed by atoms with Crippen LogP contribution in [0.2, 0.25) is 0 Å². The third-order valence-electron chi connectivity index (χ3n) is 5.43. The molecule has 7 nitrogen and oxygen atoms in total. The van der Waals surface area contributed by atoms with Crippen molar-refractivity contribution in [2.75, 3.05) is 20.1 Å². The average molecular weight is 391 g/mol. The molecular weight excluding hydrogens is 366 g/mol. The zero-order valence-corrected chi connectivity index (χ0v) is 16.5. The van der Waals surface area contributed by atoms with Crippen LogP contribution in [0.5, 0.6) is 0 Å². The third kappa shape index (κ3) is 4.46. The van der Waals surface area contributed by atoms with Gasteiger partial charge < -0.3 is 15.2 Å². The fourth-order valence-corrected chi connectivity index (χ4v) is 3.79. The summed E-state index contributed by atoms with van der Waals surface area (Å²) in [6.07, 6.45) is 2.59. The van der Waals surface area contributed by atoms with Gasteiger partial charge in [-0.15, -0.1) is 0 Å². The van der Waals surface area contributed by atoms with Gasteiger partial charge in [0.25, 0.3) is 0 Å². The number of carbonyl (C=O) groups excluding carboxylic acids is 2. The summed E-state index contributed by atoms with van der Waals surface area (Å²) in [5.74, 6) is -1.03. The lowest BCUT2D eigenvalue weighted by molar-refractivity contribution is -0.145. The molecule has 1 aliphatic heterocycles. The first-order chi connectivity index (χ1) is 14.1. The van der Waals surface area contributed by atoms with Gasteiger partial charge in [-0.05, 0) is 37.2 Å². The molecule has 1 saturated heterocycles. The van der Waals surface area contributed by atoms with E-state index in [1.54, 1.807) is 11.1 Å². The van der Waals surface area contributed by atoms with Crippen molar-refractivity contribution in [3.8, 4) is 0 Å². The van der Waals surface area contributed by atoms with E-state index >= 15 is 0 Å². The molecule has 150 valence electrons. The van der Waals surface area contributed by atoms with Crippen molar-refractivity contribution in [1.29, 1.82) is 0 Å². The van der Waals surface area contributed by atoms with Crippen LogP contribution in [0.1, 0.15) is 17.7 Å². The van der Waals surface area contributed by atoms with Gasteiger partial charge in [0.15, 0.2) is 0 Å². The second-order valence-corrected chi connectivity index (χ2v) is 7.51. The van der Waals surface area contributed by atoms with Crippen LogP contribution in [0.4, 0.5) is 0 Å². The zero-order chi connectivity index (χ0) is 20.2. The number of carbonyl (C=O) groups is 2. The molecule has 1 atom stereocenters. The summed E-state index contributed by atoms with van der Waals surface area (Å²) >= 11 is 0. The molecule has 7 heteroatoms. The van der Waals surface area contributed by atoms with Crippen LogP contribution in [-0.2, 0) is 22.7 Å². The van der Waals surface area contributed by atoms with E-state index in [1.807, 2.05) is 36.4 Å². The highest BCUT2D eigenvalue weighted by Crippen LogP contribution is 2.17. The van der Waals surface area contributed by atoms with Crippen LogP contribution in [0.25, 0.3) is 11.0 Å². The Hall–Kier alpha value is -3.19. The quantitative estimate of drug-likeness (QED) is 0.651. The SMILES string of the molecule is CN(Cc1ccccc1)C1CCN(C(=O)C(=O)NCc2cc3ncccc3[nH]2)C1. The Morgan fingerprint density at radius 1 is 1.24 bits per heavy atom. The van der Waals surface area contributed by atoms with Crippen LogP contribution in [0.3, 0.4) is 0 Å². The molecule has 1 aromatic carbocycles. The summed E-state index contributed by atoms with van der Waals surface area (Å²) in [5.41, 5.74) is 3.81. The van der Waals surface area contributed by atoms with E-state index in [9.17, 15) is 9.59 Å². The first kappa shape index (κ1) is 19.1. The number of nitrogens with zero attached hydrogens (tertiary/aromatic N) is 3. The number of aromatic amines is 1. The van der Waals surface area contributed by atoms with Gasteiger partial charge >= 0.3 is 11.8 Å². The number of hydrogen-bond donors (Lipinski definition) is 2. The third-order valence-corrected chi connectivity index (χ3v) is 5.43. The number of pyridine rings is 1. The minimum atomic E-state index is -0.567. The number of amides is 2. The lowest BCUT2D eigenvalue weighted by Gasteiger charge is -2.24. The van der Waals surface area contributed by atoms with Crippen LogP contribution in [-0.4, -0.2) is 57.8 Å². The second-order valence-electron chi connectivity index (χ2n) is 7.51. The summed E-state index contributed by atoms with van der Waals surface area (Å²) < 4.78 is 0. The number of aromatic nitrogens is 2. The number of likely N-dealkylation sites (N-methyl/N-ethyl adjacent to an activating group) is 1. The molecule has 2 aromatic heterocycles. The van der Waals surface area contributed by atoms with Gasteiger partial charge in [-0.25, -0.2) is 0 Å². The van der Waals surface area contributed by atoms with Crippen LogP contribution < -0.4 is 5.32 Å². The Morgan fingerprint density at radius 3 is 2.86 bits per heavy atom. The molecule has 2 N–H and O–H groups in total. The van der Waals surface area contributed by atoms with Crippen molar-refractivity contribution in [3.05, 3.63) is 66.0 Å². The lowest BCUT2D eigenvalue weighted by Crippen LogP contribution is -2.43. The van der Waals surface area contributed by atoms with Gasteiger partial charge in [0, 0.05) is 37.6 Å². The number of benzene rings is 1. The highest BCUT2D eigenvalue weighted by Gasteiger charge is 2.31. The zero-order valence-electron chi connectivity index (χ0n) is 16.5. The van der Waals surface area contributed by atoms with Crippen molar-refractivity contribution >= 4 is 22.8 Å². The molecule has 0 aliphatic carbocycles. The molecule has 1 aliphatic rings. The van der Waals surface area contributed by atoms with E-state index in [4.69, 9.17) is 0 Å². The molecule has 29 heavy (non-hydrogen) atoms. The van der Waals surface area contributed by atoms with Gasteiger partial charge in [0.1, 0.15) is 0 Å². The van der Waals surface area contributed by atoms with Crippen molar-refractivity contribution in [2.24, 2.45) is 0 Å². The first-order valence-electron chi connectivity index (χ1n) is 9.84. The minimum Gasteiger partial charge on any atom is -0.356 e. The number of nitrogens with one attached hydrogen (secondary N) is 2. The fraction of sp³-hybridized carbons (Fsp3) is 0.318. The molecule has 1 unspecified atom stereocenters. The smallest absolute Gasteiger partial charge is 0.311 e. The number of H-pyrrole nitrogens is 1. The first-order valence-corrected chi connectivity index (χ1v) is 9.84. The number of fused-ring (bicyclic) bond motifs is 1. The monoisotopic (exact) mass is 391 g/mol. The Bertz CT molecular complexity index is 968. The molecule has 0 spiro atoms. The largest absolute Gasteiger partial charge is 0.356 e. The molecule has 3 heterocycles. The Labute approximate surface area is 169 Å². The highest BCUT2D eigenvalue weighted by molar-refractivity contribution is 6.35. The van der Waals surface area contributed by atoms with Crippen LogP contribution in [0.15, 0.2) is 54.7 Å². The highest BCUT2D eigenvalue weighted by atomic mass is 16.2. The number of rotatable bonds is 5. The number of hydrogen-bond acceptors (Lipinski definition) is 4. The predicted octanol–water partition coefficient (Wildman–Crippen LogP) is 1.91. The Morgan fingerprint density at radius 2 is 2.07 bits per heavy atom. The summed E-state index contributed by atoms with van der Waals surface area (Å²) in [6.45, 7) is 2.28. The Balaban J connectivity index is 1.28. The average Bonchev–Trinajstić information content (AvgIpc) is 3.39. The maximum Gasteiger partial charge on any atom is 0.311 e. The van der Waals surface area contributed by atoms with Crippen molar-refractivity contribution in [2.45, 2.75) is 25.6 Å². The van der Waals surface area contributed by atoms with E-state index in [-0.39, 0.29) is 12.6 Å². The summed E-state index contributed by atoms with van der Waals surface area (Å²) in [6, 6.07) is 16.2. The minimum absolute atomic E-state index is 0.256. The molecule has 0 radical (unpaired) electrons. The van der Waals surface area contributed by atoms with Gasteiger partial charge in [0.2, 0.25) is 0 Å². The van der Waals surface area contributed by atoms with E-state index in [1.165, 1.54) is 5.56 Å². The van der Waals surface area contributed by atoms with E-state index < -0.39 is 11.8 Å². The predicted molar refractivity (Wildman–Crippen MR) is 111 cm³/mol. The maximum atomic E-state index is 12.5. The standard InChI is InChI=1S/C22H25N5O2/c1-26(14-16-6-3-2-4-7-16)18-9-11-27(15-18)22(29)21(28)24-13-17-12-20-19(25-17)8-5-10-23-20/h2-8,10,12,18,25H,9,11,13-15H2,1H3,(H,24,28).